The number of amides is 1. The van der Waals surface area contributed by atoms with Crippen LogP contribution in [0.15, 0.2) is 83.3 Å². The molecule has 1 amide bonds. The molecule has 1 aromatic heterocycles. The van der Waals surface area contributed by atoms with Crippen LogP contribution >= 0.6 is 0 Å². The molecule has 5 nitrogen and oxygen atoms in total. The monoisotopic (exact) mass is 357 g/mol. The fraction of sp³-hybridized carbons (Fsp3) is 0. The van der Waals surface area contributed by atoms with Crippen molar-refractivity contribution in [3.05, 3.63) is 90.2 Å². The number of carbonyl (C=O) groups is 2. The highest BCUT2D eigenvalue weighted by Crippen LogP contribution is 2.27. The summed E-state index contributed by atoms with van der Waals surface area (Å²) in [6.45, 7) is 0. The summed E-state index contributed by atoms with van der Waals surface area (Å²) in [6, 6.07) is 23.4. The average Bonchev–Trinajstić information content (AvgIpc) is 3.18. The van der Waals surface area contributed by atoms with Gasteiger partial charge in [0.25, 0.3) is 5.91 Å². The Morgan fingerprint density at radius 3 is 2.37 bits per heavy atom. The van der Waals surface area contributed by atoms with Crippen LogP contribution in [0.5, 0.6) is 0 Å². The minimum atomic E-state index is -1.11. The van der Waals surface area contributed by atoms with Crippen molar-refractivity contribution in [1.29, 1.82) is 0 Å². The molecule has 0 bridgehead atoms. The number of carboxylic acid groups (broad SMARTS) is 1. The lowest BCUT2D eigenvalue weighted by Crippen LogP contribution is -2.14. The molecule has 0 aliphatic heterocycles. The standard InChI is InChI=1S/C22H15NO4/c24-21(23-18-8-4-3-7-17(18)22(25)26)20-12-11-19(27-20)16-10-9-14-5-1-2-6-15(14)13-16/h1-13H,(H,23,24)(H,25,26). The van der Waals surface area contributed by atoms with E-state index in [4.69, 9.17) is 4.42 Å². The van der Waals surface area contributed by atoms with Crippen LogP contribution in [0, 0.1) is 0 Å². The molecule has 132 valence electrons. The summed E-state index contributed by atoms with van der Waals surface area (Å²) < 4.78 is 5.69. The van der Waals surface area contributed by atoms with Gasteiger partial charge in [0.2, 0.25) is 0 Å². The molecule has 27 heavy (non-hydrogen) atoms. The lowest BCUT2D eigenvalue weighted by molar-refractivity contribution is 0.0698. The minimum absolute atomic E-state index is 0.0205. The second kappa shape index (κ2) is 6.80. The molecule has 0 saturated heterocycles. The lowest BCUT2D eigenvalue weighted by atomic mass is 10.1. The summed E-state index contributed by atoms with van der Waals surface area (Å²) in [6.07, 6.45) is 0. The summed E-state index contributed by atoms with van der Waals surface area (Å²) in [5, 5.41) is 14.0. The summed E-state index contributed by atoms with van der Waals surface area (Å²) in [4.78, 5) is 23.7. The number of fused-ring (bicyclic) bond motifs is 1. The molecule has 0 radical (unpaired) electrons. The molecular weight excluding hydrogens is 342 g/mol. The third-order valence-corrected chi connectivity index (χ3v) is 4.27. The van der Waals surface area contributed by atoms with Gasteiger partial charge in [-0.25, -0.2) is 4.79 Å². The Kier molecular flexibility index (Phi) is 4.18. The molecule has 1 heterocycles. The fourth-order valence-corrected chi connectivity index (χ4v) is 2.92. The first-order chi connectivity index (χ1) is 13.1. The van der Waals surface area contributed by atoms with Gasteiger partial charge in [-0.3, -0.25) is 4.79 Å². The fourth-order valence-electron chi connectivity index (χ4n) is 2.92. The zero-order chi connectivity index (χ0) is 18.8. The number of hydrogen-bond donors (Lipinski definition) is 2. The van der Waals surface area contributed by atoms with E-state index in [1.54, 1.807) is 24.3 Å². The van der Waals surface area contributed by atoms with Gasteiger partial charge in [-0.15, -0.1) is 0 Å². The maximum absolute atomic E-state index is 12.4. The van der Waals surface area contributed by atoms with Crippen molar-refractivity contribution in [3.8, 4) is 11.3 Å². The Hall–Kier alpha value is -3.86. The predicted molar refractivity (Wildman–Crippen MR) is 103 cm³/mol. The van der Waals surface area contributed by atoms with E-state index in [1.165, 1.54) is 12.1 Å². The number of carboxylic acids is 1. The van der Waals surface area contributed by atoms with Crippen LogP contribution in [-0.2, 0) is 0 Å². The summed E-state index contributed by atoms with van der Waals surface area (Å²) in [7, 11) is 0. The largest absolute Gasteiger partial charge is 0.478 e. The first kappa shape index (κ1) is 16.6. The number of hydrogen-bond acceptors (Lipinski definition) is 3. The number of aromatic carboxylic acids is 1. The van der Waals surface area contributed by atoms with Crippen molar-refractivity contribution < 1.29 is 19.1 Å². The maximum Gasteiger partial charge on any atom is 0.337 e. The molecule has 0 saturated carbocycles. The topological polar surface area (TPSA) is 79.5 Å². The second-order valence-electron chi connectivity index (χ2n) is 6.03. The molecule has 0 fully saturated rings. The lowest BCUT2D eigenvalue weighted by Gasteiger charge is -2.06. The first-order valence-electron chi connectivity index (χ1n) is 8.34. The van der Waals surface area contributed by atoms with Crippen molar-refractivity contribution in [3.63, 3.8) is 0 Å². The van der Waals surface area contributed by atoms with Crippen molar-refractivity contribution in [2.45, 2.75) is 0 Å². The van der Waals surface area contributed by atoms with E-state index in [0.29, 0.717) is 5.76 Å². The minimum Gasteiger partial charge on any atom is -0.478 e. The van der Waals surface area contributed by atoms with Crippen LogP contribution in [0.2, 0.25) is 0 Å². The SMILES string of the molecule is O=C(Nc1ccccc1C(=O)O)c1ccc(-c2ccc3ccccc3c2)o1. The predicted octanol–water partition coefficient (Wildman–Crippen LogP) is 5.05. The molecule has 0 aliphatic carbocycles. The summed E-state index contributed by atoms with van der Waals surface area (Å²) in [5.74, 6) is -0.936. The molecule has 3 aromatic carbocycles. The Morgan fingerprint density at radius 2 is 1.56 bits per heavy atom. The molecule has 0 unspecified atom stereocenters. The highest BCUT2D eigenvalue weighted by atomic mass is 16.4. The van der Waals surface area contributed by atoms with Crippen LogP contribution in [0.3, 0.4) is 0 Å². The molecule has 0 spiro atoms. The summed E-state index contributed by atoms with van der Waals surface area (Å²) in [5.41, 5.74) is 1.10. The molecule has 2 N–H and O–H groups in total. The number of rotatable bonds is 4. The average molecular weight is 357 g/mol. The Bertz CT molecular complexity index is 1160. The van der Waals surface area contributed by atoms with E-state index in [2.05, 4.69) is 5.32 Å². The maximum atomic E-state index is 12.4. The third-order valence-electron chi connectivity index (χ3n) is 4.27. The number of nitrogens with one attached hydrogen (secondary N) is 1. The molecule has 4 rings (SSSR count). The van der Waals surface area contributed by atoms with Gasteiger partial charge in [-0.05, 0) is 41.1 Å². The molecule has 5 heteroatoms. The van der Waals surface area contributed by atoms with Crippen LogP contribution < -0.4 is 5.32 Å². The van der Waals surface area contributed by atoms with Gasteiger partial charge in [-0.1, -0.05) is 48.5 Å². The highest BCUT2D eigenvalue weighted by molar-refractivity contribution is 6.06. The van der Waals surface area contributed by atoms with Crippen molar-refractivity contribution >= 4 is 28.3 Å². The van der Waals surface area contributed by atoms with E-state index in [9.17, 15) is 14.7 Å². The van der Waals surface area contributed by atoms with E-state index < -0.39 is 11.9 Å². The van der Waals surface area contributed by atoms with Crippen LogP contribution in [0.25, 0.3) is 22.1 Å². The number of benzene rings is 3. The van der Waals surface area contributed by atoms with Crippen molar-refractivity contribution in [1.82, 2.24) is 0 Å². The Morgan fingerprint density at radius 1 is 0.815 bits per heavy atom. The van der Waals surface area contributed by atoms with Crippen LogP contribution in [0.1, 0.15) is 20.9 Å². The van der Waals surface area contributed by atoms with E-state index >= 15 is 0 Å². The van der Waals surface area contributed by atoms with E-state index in [0.717, 1.165) is 16.3 Å². The highest BCUT2D eigenvalue weighted by Gasteiger charge is 2.16. The molecule has 4 aromatic rings. The van der Waals surface area contributed by atoms with Gasteiger partial charge in [-0.2, -0.15) is 0 Å². The molecular formula is C22H15NO4. The Balaban J connectivity index is 1.60. The third kappa shape index (κ3) is 3.30. The second-order valence-corrected chi connectivity index (χ2v) is 6.03. The van der Waals surface area contributed by atoms with Gasteiger partial charge in [0.1, 0.15) is 5.76 Å². The van der Waals surface area contributed by atoms with Gasteiger partial charge < -0.3 is 14.8 Å². The van der Waals surface area contributed by atoms with Crippen molar-refractivity contribution in [2.24, 2.45) is 0 Å². The number of anilines is 1. The van der Waals surface area contributed by atoms with E-state index in [1.807, 2.05) is 42.5 Å². The first-order valence-corrected chi connectivity index (χ1v) is 8.34. The zero-order valence-electron chi connectivity index (χ0n) is 14.2. The molecule has 0 aliphatic rings. The number of carbonyl (C=O) groups excluding carboxylic acids is 1. The van der Waals surface area contributed by atoms with Gasteiger partial charge in [0.05, 0.1) is 11.3 Å². The zero-order valence-corrected chi connectivity index (χ0v) is 14.2. The van der Waals surface area contributed by atoms with E-state index in [-0.39, 0.29) is 17.0 Å². The van der Waals surface area contributed by atoms with Gasteiger partial charge >= 0.3 is 5.97 Å². The van der Waals surface area contributed by atoms with Crippen molar-refractivity contribution in [2.75, 3.05) is 5.32 Å². The van der Waals surface area contributed by atoms with Gasteiger partial charge in [0.15, 0.2) is 5.76 Å². The normalized spacial score (nSPS) is 10.7. The van der Waals surface area contributed by atoms with Crippen LogP contribution in [0.4, 0.5) is 5.69 Å². The quantitative estimate of drug-likeness (QED) is 0.536. The molecule has 0 atom stereocenters. The smallest absolute Gasteiger partial charge is 0.337 e. The number of para-hydroxylation sites is 1. The summed E-state index contributed by atoms with van der Waals surface area (Å²) >= 11 is 0. The Labute approximate surface area is 154 Å². The number of furan rings is 1. The van der Waals surface area contributed by atoms with Gasteiger partial charge in [0, 0.05) is 5.56 Å². The van der Waals surface area contributed by atoms with Crippen LogP contribution in [-0.4, -0.2) is 17.0 Å².